The Bertz CT molecular complexity index is 1210. The van der Waals surface area contributed by atoms with Gasteiger partial charge in [-0.05, 0) is 68.5 Å². The Morgan fingerprint density at radius 2 is 1.68 bits per heavy atom. The van der Waals surface area contributed by atoms with E-state index >= 15 is 0 Å². The standard InChI is InChI=1S/C27H37ClN4O4S/c1-19-10-11-20(2)25(16-19)32(37(35,36)30(4)5)18-26(33)31(17-22-12-14-23(28)15-13-22)21(3)27(34)29-24-8-6-7-9-24/h10-16,21,24H,6-9,17-18H2,1-5H3,(H,29,34)/t21-/m0/s1. The van der Waals surface area contributed by atoms with Gasteiger partial charge in [0.05, 0.1) is 5.69 Å². The van der Waals surface area contributed by atoms with E-state index in [0.29, 0.717) is 10.7 Å². The van der Waals surface area contributed by atoms with Crippen molar-refractivity contribution in [2.24, 2.45) is 0 Å². The minimum atomic E-state index is -4.00. The summed E-state index contributed by atoms with van der Waals surface area (Å²) in [5.41, 5.74) is 2.80. The van der Waals surface area contributed by atoms with Crippen LogP contribution in [-0.2, 0) is 26.3 Å². The molecule has 2 aromatic carbocycles. The molecule has 202 valence electrons. The summed E-state index contributed by atoms with van der Waals surface area (Å²) < 4.78 is 28.9. The van der Waals surface area contributed by atoms with Gasteiger partial charge in [0.15, 0.2) is 0 Å². The highest BCUT2D eigenvalue weighted by atomic mass is 35.5. The van der Waals surface area contributed by atoms with Crippen LogP contribution in [0.2, 0.25) is 5.02 Å². The molecule has 0 saturated heterocycles. The normalized spacial score (nSPS) is 15.0. The van der Waals surface area contributed by atoms with Gasteiger partial charge in [0.1, 0.15) is 12.6 Å². The van der Waals surface area contributed by atoms with Crippen molar-refractivity contribution < 1.29 is 18.0 Å². The molecule has 0 bridgehead atoms. The van der Waals surface area contributed by atoms with E-state index < -0.39 is 28.7 Å². The second kappa shape index (κ2) is 12.3. The molecule has 0 unspecified atom stereocenters. The van der Waals surface area contributed by atoms with Gasteiger partial charge in [-0.1, -0.05) is 48.7 Å². The molecule has 0 aliphatic heterocycles. The van der Waals surface area contributed by atoms with Gasteiger partial charge in [0.25, 0.3) is 0 Å². The maximum absolute atomic E-state index is 13.8. The summed E-state index contributed by atoms with van der Waals surface area (Å²) in [4.78, 5) is 28.5. The number of benzene rings is 2. The first-order chi connectivity index (χ1) is 17.4. The van der Waals surface area contributed by atoms with E-state index in [0.717, 1.165) is 51.0 Å². The zero-order valence-corrected chi connectivity index (χ0v) is 23.8. The van der Waals surface area contributed by atoms with Crippen LogP contribution >= 0.6 is 11.6 Å². The number of anilines is 1. The van der Waals surface area contributed by atoms with Crippen molar-refractivity contribution in [1.82, 2.24) is 14.5 Å². The van der Waals surface area contributed by atoms with Crippen LogP contribution < -0.4 is 9.62 Å². The fraction of sp³-hybridized carbons (Fsp3) is 0.481. The van der Waals surface area contributed by atoms with Gasteiger partial charge in [-0.2, -0.15) is 12.7 Å². The average molecular weight is 549 g/mol. The minimum absolute atomic E-state index is 0.1000. The quantitative estimate of drug-likeness (QED) is 0.485. The number of aryl methyl sites for hydroxylation is 2. The molecular formula is C27H37ClN4O4S. The van der Waals surface area contributed by atoms with Gasteiger partial charge in [0.2, 0.25) is 11.8 Å². The van der Waals surface area contributed by atoms with Crippen molar-refractivity contribution in [3.63, 3.8) is 0 Å². The number of hydrogen-bond acceptors (Lipinski definition) is 4. The second-order valence-electron chi connectivity index (χ2n) is 9.90. The Kier molecular flexibility index (Phi) is 9.61. The lowest BCUT2D eigenvalue weighted by molar-refractivity contribution is -0.139. The molecule has 1 aliphatic carbocycles. The molecule has 10 heteroatoms. The third-order valence-corrected chi connectivity index (χ3v) is 8.84. The van der Waals surface area contributed by atoms with Crippen LogP contribution in [0, 0.1) is 13.8 Å². The first-order valence-corrected chi connectivity index (χ1v) is 14.3. The van der Waals surface area contributed by atoms with Crippen LogP contribution in [0.3, 0.4) is 0 Å². The molecule has 3 rings (SSSR count). The lowest BCUT2D eigenvalue weighted by Gasteiger charge is -2.33. The summed E-state index contributed by atoms with van der Waals surface area (Å²) in [7, 11) is -1.14. The highest BCUT2D eigenvalue weighted by Gasteiger charge is 2.34. The van der Waals surface area contributed by atoms with Gasteiger partial charge in [-0.25, -0.2) is 4.31 Å². The first kappa shape index (κ1) is 28.9. The van der Waals surface area contributed by atoms with E-state index in [1.807, 2.05) is 19.1 Å². The van der Waals surface area contributed by atoms with Gasteiger partial charge >= 0.3 is 10.2 Å². The Balaban J connectivity index is 1.95. The molecule has 1 saturated carbocycles. The Hall–Kier alpha value is -2.62. The molecule has 0 heterocycles. The predicted octanol–water partition coefficient (Wildman–Crippen LogP) is 4.05. The van der Waals surface area contributed by atoms with Gasteiger partial charge in [-0.3, -0.25) is 9.59 Å². The molecule has 1 fully saturated rings. The lowest BCUT2D eigenvalue weighted by Crippen LogP contribution is -2.53. The molecule has 1 N–H and O–H groups in total. The van der Waals surface area contributed by atoms with E-state index in [-0.39, 0.29) is 18.5 Å². The van der Waals surface area contributed by atoms with E-state index in [1.54, 1.807) is 44.2 Å². The molecule has 37 heavy (non-hydrogen) atoms. The molecular weight excluding hydrogens is 512 g/mol. The van der Waals surface area contributed by atoms with E-state index in [2.05, 4.69) is 5.32 Å². The topological polar surface area (TPSA) is 90.0 Å². The Morgan fingerprint density at radius 1 is 1.05 bits per heavy atom. The smallest absolute Gasteiger partial charge is 0.304 e. The average Bonchev–Trinajstić information content (AvgIpc) is 3.36. The summed E-state index contributed by atoms with van der Waals surface area (Å²) in [5.74, 6) is -0.724. The maximum Gasteiger partial charge on any atom is 0.304 e. The van der Waals surface area contributed by atoms with Crippen LogP contribution in [-0.4, -0.2) is 62.2 Å². The van der Waals surface area contributed by atoms with E-state index in [9.17, 15) is 18.0 Å². The highest BCUT2D eigenvalue weighted by Crippen LogP contribution is 2.26. The molecule has 1 atom stereocenters. The maximum atomic E-state index is 13.8. The molecule has 2 aromatic rings. The summed E-state index contributed by atoms with van der Waals surface area (Å²) in [6.07, 6.45) is 3.98. The van der Waals surface area contributed by atoms with Crippen molar-refractivity contribution in [1.29, 1.82) is 0 Å². The van der Waals surface area contributed by atoms with Gasteiger partial charge in [0, 0.05) is 31.7 Å². The first-order valence-electron chi connectivity index (χ1n) is 12.5. The summed E-state index contributed by atoms with van der Waals surface area (Å²) >= 11 is 6.04. The number of amides is 2. The minimum Gasteiger partial charge on any atom is -0.352 e. The number of halogens is 1. The number of nitrogens with zero attached hydrogens (tertiary/aromatic N) is 3. The molecule has 2 amide bonds. The molecule has 0 radical (unpaired) electrons. The third kappa shape index (κ3) is 7.24. The fourth-order valence-electron chi connectivity index (χ4n) is 4.45. The largest absolute Gasteiger partial charge is 0.352 e. The Labute approximate surface area is 225 Å². The molecule has 0 spiro atoms. The highest BCUT2D eigenvalue weighted by molar-refractivity contribution is 7.90. The van der Waals surface area contributed by atoms with Crippen molar-refractivity contribution in [3.05, 3.63) is 64.2 Å². The van der Waals surface area contributed by atoms with E-state index in [1.165, 1.54) is 19.0 Å². The Morgan fingerprint density at radius 3 is 2.27 bits per heavy atom. The number of nitrogens with one attached hydrogen (secondary N) is 1. The molecule has 0 aromatic heterocycles. The van der Waals surface area contributed by atoms with Crippen LogP contribution in [0.5, 0.6) is 0 Å². The summed E-state index contributed by atoms with van der Waals surface area (Å²) in [6, 6.07) is 11.8. The zero-order valence-electron chi connectivity index (χ0n) is 22.2. The van der Waals surface area contributed by atoms with Crippen LogP contribution in [0.1, 0.15) is 49.3 Å². The summed E-state index contributed by atoms with van der Waals surface area (Å²) in [6.45, 7) is 5.05. The fourth-order valence-corrected chi connectivity index (χ4v) is 5.69. The van der Waals surface area contributed by atoms with Crippen molar-refractivity contribution in [3.8, 4) is 0 Å². The van der Waals surface area contributed by atoms with Crippen LogP contribution in [0.25, 0.3) is 0 Å². The predicted molar refractivity (Wildman–Crippen MR) is 148 cm³/mol. The van der Waals surface area contributed by atoms with Crippen LogP contribution in [0.4, 0.5) is 5.69 Å². The third-order valence-electron chi connectivity index (χ3n) is 6.79. The molecule has 1 aliphatic rings. The van der Waals surface area contributed by atoms with Crippen molar-refractivity contribution >= 4 is 39.3 Å². The summed E-state index contributed by atoms with van der Waals surface area (Å²) in [5, 5.41) is 3.63. The number of rotatable bonds is 10. The SMILES string of the molecule is Cc1ccc(C)c(N(CC(=O)N(Cc2ccc(Cl)cc2)[C@@H](C)C(=O)NC2CCCC2)S(=O)(=O)N(C)C)c1. The number of carbonyl (C=O) groups excluding carboxylic acids is 2. The zero-order chi connectivity index (χ0) is 27.3. The number of hydrogen-bond donors (Lipinski definition) is 1. The van der Waals surface area contributed by atoms with Crippen molar-refractivity contribution in [2.75, 3.05) is 24.9 Å². The van der Waals surface area contributed by atoms with Gasteiger partial charge < -0.3 is 10.2 Å². The number of carbonyl (C=O) groups is 2. The lowest BCUT2D eigenvalue weighted by atomic mass is 10.1. The molecule has 8 nitrogen and oxygen atoms in total. The van der Waals surface area contributed by atoms with Crippen molar-refractivity contribution in [2.45, 2.75) is 65.1 Å². The second-order valence-corrected chi connectivity index (χ2v) is 12.4. The van der Waals surface area contributed by atoms with E-state index in [4.69, 9.17) is 11.6 Å². The van der Waals surface area contributed by atoms with Gasteiger partial charge in [-0.15, -0.1) is 0 Å². The van der Waals surface area contributed by atoms with Crippen LogP contribution in [0.15, 0.2) is 42.5 Å². The monoisotopic (exact) mass is 548 g/mol.